The summed E-state index contributed by atoms with van der Waals surface area (Å²) in [4.78, 5) is 0. The largest absolute Gasteiger partial charge is 0.366 e. The van der Waals surface area contributed by atoms with Gasteiger partial charge in [-0.2, -0.15) is 0 Å². The first-order valence-electron chi connectivity index (χ1n) is 5.99. The van der Waals surface area contributed by atoms with Crippen molar-refractivity contribution < 1.29 is 17.9 Å². The summed E-state index contributed by atoms with van der Waals surface area (Å²) in [5.74, 6) is -0.354. The zero-order valence-electron chi connectivity index (χ0n) is 10.3. The van der Waals surface area contributed by atoms with Gasteiger partial charge in [0, 0.05) is 6.54 Å². The molecular weight excluding hydrogens is 243 g/mol. The van der Waals surface area contributed by atoms with Gasteiger partial charge >= 0.3 is 0 Å². The van der Waals surface area contributed by atoms with Crippen LogP contribution in [0, 0.1) is 5.82 Å². The van der Waals surface area contributed by atoms with Gasteiger partial charge in [-0.1, -0.05) is 19.1 Å². The number of rotatable bonds is 8. The first-order valence-corrected chi connectivity index (χ1v) is 5.99. The number of benzene rings is 1. The van der Waals surface area contributed by atoms with Crippen molar-refractivity contribution in [3.05, 3.63) is 35.6 Å². The molecule has 1 aromatic carbocycles. The van der Waals surface area contributed by atoms with Crippen molar-refractivity contribution in [3.63, 3.8) is 0 Å². The van der Waals surface area contributed by atoms with Crippen molar-refractivity contribution in [1.29, 1.82) is 0 Å². The molecule has 0 aliphatic heterocycles. The third-order valence-corrected chi connectivity index (χ3v) is 2.42. The molecule has 0 bridgehead atoms. The molecule has 102 valence electrons. The highest BCUT2D eigenvalue weighted by Crippen LogP contribution is 2.18. The Bertz CT molecular complexity index is 330. The van der Waals surface area contributed by atoms with Crippen molar-refractivity contribution in [3.8, 4) is 0 Å². The fraction of sp³-hybridized carbons (Fsp3) is 0.538. The number of ether oxygens (including phenoxy) is 1. The zero-order valence-corrected chi connectivity index (χ0v) is 10.3. The Morgan fingerprint density at radius 3 is 2.44 bits per heavy atom. The Balaban J connectivity index is 2.60. The van der Waals surface area contributed by atoms with Crippen LogP contribution in [0.3, 0.4) is 0 Å². The van der Waals surface area contributed by atoms with Crippen LogP contribution in [-0.2, 0) is 4.74 Å². The van der Waals surface area contributed by atoms with Crippen LogP contribution in [0.1, 0.15) is 25.0 Å². The summed E-state index contributed by atoms with van der Waals surface area (Å²) in [6.45, 7) is 2.62. The van der Waals surface area contributed by atoms with E-state index < -0.39 is 19.1 Å². The van der Waals surface area contributed by atoms with Gasteiger partial charge in [0.2, 0.25) is 0 Å². The maximum atomic E-state index is 12.8. The highest BCUT2D eigenvalue weighted by Gasteiger charge is 2.14. The van der Waals surface area contributed by atoms with E-state index in [1.54, 1.807) is 12.1 Å². The number of halogens is 3. The van der Waals surface area contributed by atoms with Gasteiger partial charge in [-0.25, -0.2) is 13.2 Å². The lowest BCUT2D eigenvalue weighted by atomic mass is 10.1. The predicted octanol–water partition coefficient (Wildman–Crippen LogP) is 3.15. The first-order chi connectivity index (χ1) is 8.63. The molecule has 18 heavy (non-hydrogen) atoms. The molecule has 0 aliphatic carbocycles. The molecule has 2 nitrogen and oxygen atoms in total. The summed E-state index contributed by atoms with van der Waals surface area (Å²) in [7, 11) is 0. The number of hydrogen-bond acceptors (Lipinski definition) is 2. The number of nitrogens with one attached hydrogen (secondary N) is 1. The van der Waals surface area contributed by atoms with E-state index in [0.717, 1.165) is 13.0 Å². The first kappa shape index (κ1) is 15.0. The molecule has 1 N–H and O–H groups in total. The third kappa shape index (κ3) is 5.51. The van der Waals surface area contributed by atoms with Crippen molar-refractivity contribution in [2.45, 2.75) is 25.9 Å². The summed E-state index contributed by atoms with van der Waals surface area (Å²) in [6.07, 6.45) is -2.03. The van der Waals surface area contributed by atoms with Gasteiger partial charge in [-0.15, -0.1) is 0 Å². The highest BCUT2D eigenvalue weighted by molar-refractivity contribution is 5.19. The fourth-order valence-corrected chi connectivity index (χ4v) is 1.55. The Hall–Kier alpha value is -1.07. The summed E-state index contributed by atoms with van der Waals surface area (Å²) in [6, 6.07) is 5.71. The second-order valence-electron chi connectivity index (χ2n) is 3.97. The van der Waals surface area contributed by atoms with Gasteiger partial charge in [-0.3, -0.25) is 0 Å². The monoisotopic (exact) mass is 261 g/mol. The maximum absolute atomic E-state index is 12.8. The van der Waals surface area contributed by atoms with Gasteiger partial charge in [-0.05, 0) is 30.7 Å². The predicted molar refractivity (Wildman–Crippen MR) is 64.3 cm³/mol. The van der Waals surface area contributed by atoms with E-state index in [1.165, 1.54) is 12.1 Å². The second kappa shape index (κ2) is 8.11. The van der Waals surface area contributed by atoms with Crippen molar-refractivity contribution in [2.75, 3.05) is 19.7 Å². The molecule has 0 radical (unpaired) electrons. The molecule has 0 fully saturated rings. The molecule has 1 atom stereocenters. The molecule has 0 saturated carbocycles. The molecule has 0 spiro atoms. The van der Waals surface area contributed by atoms with Crippen LogP contribution >= 0.6 is 0 Å². The van der Waals surface area contributed by atoms with E-state index in [0.29, 0.717) is 12.1 Å². The molecule has 0 heterocycles. The minimum absolute atomic E-state index is 0.354. The molecule has 5 heteroatoms. The minimum atomic E-state index is -2.50. The summed E-state index contributed by atoms with van der Waals surface area (Å²) in [5.41, 5.74) is 0.695. The summed E-state index contributed by atoms with van der Waals surface area (Å²) < 4.78 is 42.3. The van der Waals surface area contributed by atoms with Crippen molar-refractivity contribution in [1.82, 2.24) is 5.32 Å². The van der Waals surface area contributed by atoms with Crippen molar-refractivity contribution in [2.24, 2.45) is 0 Å². The Morgan fingerprint density at radius 1 is 1.22 bits per heavy atom. The number of alkyl halides is 2. The molecule has 1 rings (SSSR count). The summed E-state index contributed by atoms with van der Waals surface area (Å²) >= 11 is 0. The SMILES string of the molecule is CCCNCC(OCC(F)F)c1ccc(F)cc1. The van der Waals surface area contributed by atoms with E-state index in [2.05, 4.69) is 5.32 Å². The second-order valence-corrected chi connectivity index (χ2v) is 3.97. The van der Waals surface area contributed by atoms with E-state index in [1.807, 2.05) is 6.92 Å². The van der Waals surface area contributed by atoms with Crippen LogP contribution in [-0.4, -0.2) is 26.1 Å². The molecule has 0 amide bonds. The van der Waals surface area contributed by atoms with Crippen LogP contribution in [0.5, 0.6) is 0 Å². The standard InChI is InChI=1S/C13H18F3NO/c1-2-7-17-8-12(18-9-13(15)16)10-3-5-11(14)6-4-10/h3-6,12-13,17H,2,7-9H2,1H3. The van der Waals surface area contributed by atoms with E-state index in [-0.39, 0.29) is 5.82 Å². The normalized spacial score (nSPS) is 12.9. The third-order valence-electron chi connectivity index (χ3n) is 2.42. The lowest BCUT2D eigenvalue weighted by molar-refractivity contribution is -0.0245. The van der Waals surface area contributed by atoms with Gasteiger partial charge in [0.05, 0.1) is 6.10 Å². The average Bonchev–Trinajstić information content (AvgIpc) is 2.34. The zero-order chi connectivity index (χ0) is 13.4. The van der Waals surface area contributed by atoms with Crippen LogP contribution in [0.2, 0.25) is 0 Å². The molecule has 0 saturated heterocycles. The Kier molecular flexibility index (Phi) is 6.75. The molecular formula is C13H18F3NO. The van der Waals surface area contributed by atoms with E-state index >= 15 is 0 Å². The molecule has 0 aliphatic rings. The quantitative estimate of drug-likeness (QED) is 0.726. The smallest absolute Gasteiger partial charge is 0.261 e. The lowest BCUT2D eigenvalue weighted by Gasteiger charge is -2.18. The number of hydrogen-bond donors (Lipinski definition) is 1. The minimum Gasteiger partial charge on any atom is -0.366 e. The molecule has 0 aromatic heterocycles. The maximum Gasteiger partial charge on any atom is 0.261 e. The van der Waals surface area contributed by atoms with E-state index in [4.69, 9.17) is 4.74 Å². The van der Waals surface area contributed by atoms with Crippen LogP contribution in [0.25, 0.3) is 0 Å². The lowest BCUT2D eigenvalue weighted by Crippen LogP contribution is -2.25. The summed E-state index contributed by atoms with van der Waals surface area (Å²) in [5, 5.41) is 3.11. The van der Waals surface area contributed by atoms with Gasteiger partial charge in [0.25, 0.3) is 6.43 Å². The van der Waals surface area contributed by atoms with Gasteiger partial charge in [0.15, 0.2) is 0 Å². The average molecular weight is 261 g/mol. The van der Waals surface area contributed by atoms with E-state index in [9.17, 15) is 13.2 Å². The van der Waals surface area contributed by atoms with Crippen LogP contribution in [0.4, 0.5) is 13.2 Å². The fourth-order valence-electron chi connectivity index (χ4n) is 1.55. The van der Waals surface area contributed by atoms with Gasteiger partial charge in [0.1, 0.15) is 12.4 Å². The Labute approximate surface area is 105 Å². The highest BCUT2D eigenvalue weighted by atomic mass is 19.3. The van der Waals surface area contributed by atoms with Crippen molar-refractivity contribution >= 4 is 0 Å². The van der Waals surface area contributed by atoms with Crippen LogP contribution < -0.4 is 5.32 Å². The topological polar surface area (TPSA) is 21.3 Å². The van der Waals surface area contributed by atoms with Gasteiger partial charge < -0.3 is 10.1 Å². The molecule has 1 unspecified atom stereocenters. The molecule has 1 aromatic rings. The Morgan fingerprint density at radius 2 is 1.89 bits per heavy atom. The van der Waals surface area contributed by atoms with Crippen LogP contribution in [0.15, 0.2) is 24.3 Å².